The molecule has 94 valence electrons. The van der Waals surface area contributed by atoms with E-state index in [0.717, 1.165) is 30.8 Å². The van der Waals surface area contributed by atoms with Crippen molar-refractivity contribution in [3.8, 4) is 11.5 Å². The molecule has 17 heavy (non-hydrogen) atoms. The molecule has 3 heteroatoms. The first-order valence-electron chi connectivity index (χ1n) is 6.25. The Morgan fingerprint density at radius 2 is 1.82 bits per heavy atom. The molecule has 1 aliphatic rings. The molecule has 1 aromatic rings. The van der Waals surface area contributed by atoms with Gasteiger partial charge in [-0.2, -0.15) is 0 Å². The van der Waals surface area contributed by atoms with Gasteiger partial charge in [0.1, 0.15) is 0 Å². The van der Waals surface area contributed by atoms with Crippen molar-refractivity contribution in [2.24, 2.45) is 5.41 Å². The average molecular weight is 236 g/mol. The topological polar surface area (TPSA) is 38.7 Å². The Balaban J connectivity index is 1.85. The van der Waals surface area contributed by atoms with Gasteiger partial charge in [-0.1, -0.05) is 12.1 Å². The van der Waals surface area contributed by atoms with Crippen molar-refractivity contribution >= 4 is 0 Å². The maximum Gasteiger partial charge on any atom is 0.161 e. The van der Waals surface area contributed by atoms with Crippen LogP contribution in [-0.4, -0.2) is 24.9 Å². The zero-order valence-electron chi connectivity index (χ0n) is 10.3. The van der Waals surface area contributed by atoms with E-state index >= 15 is 0 Å². The van der Waals surface area contributed by atoms with Crippen LogP contribution in [0.4, 0.5) is 0 Å². The number of hydrogen-bond acceptors (Lipinski definition) is 3. The van der Waals surface area contributed by atoms with Gasteiger partial charge in [-0.3, -0.25) is 0 Å². The SMILES string of the molecule is CCOc1ccccc1OCCC1(CO)CC1. The van der Waals surface area contributed by atoms with E-state index in [2.05, 4.69) is 0 Å². The molecule has 1 fully saturated rings. The number of ether oxygens (including phenoxy) is 2. The predicted molar refractivity (Wildman–Crippen MR) is 66.5 cm³/mol. The Morgan fingerprint density at radius 3 is 2.35 bits per heavy atom. The maximum absolute atomic E-state index is 9.21. The lowest BCUT2D eigenvalue weighted by Gasteiger charge is -2.14. The summed E-state index contributed by atoms with van der Waals surface area (Å²) in [5, 5.41) is 9.21. The van der Waals surface area contributed by atoms with E-state index in [1.54, 1.807) is 0 Å². The summed E-state index contributed by atoms with van der Waals surface area (Å²) in [6, 6.07) is 7.71. The van der Waals surface area contributed by atoms with Gasteiger partial charge in [-0.05, 0) is 43.7 Å². The Labute approximate surface area is 102 Å². The van der Waals surface area contributed by atoms with Crippen molar-refractivity contribution < 1.29 is 14.6 Å². The molecule has 0 atom stereocenters. The third-order valence-electron chi connectivity index (χ3n) is 3.33. The van der Waals surface area contributed by atoms with E-state index in [1.165, 1.54) is 0 Å². The van der Waals surface area contributed by atoms with Crippen molar-refractivity contribution in [2.75, 3.05) is 19.8 Å². The van der Waals surface area contributed by atoms with E-state index in [-0.39, 0.29) is 12.0 Å². The van der Waals surface area contributed by atoms with Crippen LogP contribution in [0.1, 0.15) is 26.2 Å². The van der Waals surface area contributed by atoms with Crippen LogP contribution in [0, 0.1) is 5.41 Å². The highest BCUT2D eigenvalue weighted by Crippen LogP contribution is 2.48. The Morgan fingerprint density at radius 1 is 1.18 bits per heavy atom. The van der Waals surface area contributed by atoms with Crippen molar-refractivity contribution in [2.45, 2.75) is 26.2 Å². The molecule has 0 aliphatic heterocycles. The molecule has 0 spiro atoms. The molecule has 3 nitrogen and oxygen atoms in total. The van der Waals surface area contributed by atoms with Gasteiger partial charge in [0.05, 0.1) is 13.2 Å². The van der Waals surface area contributed by atoms with Crippen LogP contribution in [-0.2, 0) is 0 Å². The number of aliphatic hydroxyl groups excluding tert-OH is 1. The number of hydrogen-bond donors (Lipinski definition) is 1. The van der Waals surface area contributed by atoms with Crippen molar-refractivity contribution in [3.05, 3.63) is 24.3 Å². The van der Waals surface area contributed by atoms with Crippen LogP contribution < -0.4 is 9.47 Å². The summed E-state index contributed by atoms with van der Waals surface area (Å²) in [7, 11) is 0. The molecule has 0 saturated heterocycles. The average Bonchev–Trinajstić information content (AvgIpc) is 3.12. The van der Waals surface area contributed by atoms with Crippen molar-refractivity contribution in [1.29, 1.82) is 0 Å². The molecule has 2 rings (SSSR count). The molecule has 0 radical (unpaired) electrons. The smallest absolute Gasteiger partial charge is 0.161 e. The lowest BCUT2D eigenvalue weighted by Crippen LogP contribution is -2.12. The van der Waals surface area contributed by atoms with Gasteiger partial charge in [-0.25, -0.2) is 0 Å². The summed E-state index contributed by atoms with van der Waals surface area (Å²) >= 11 is 0. The second-order valence-corrected chi connectivity index (χ2v) is 4.64. The fourth-order valence-corrected chi connectivity index (χ4v) is 1.89. The molecule has 0 heterocycles. The zero-order valence-corrected chi connectivity index (χ0v) is 10.3. The number of para-hydroxylation sites is 2. The first kappa shape index (κ1) is 12.2. The molecule has 0 bridgehead atoms. The first-order chi connectivity index (χ1) is 8.29. The van der Waals surface area contributed by atoms with Gasteiger partial charge in [0, 0.05) is 6.61 Å². The van der Waals surface area contributed by atoms with Crippen LogP contribution >= 0.6 is 0 Å². The zero-order chi connectivity index (χ0) is 12.1. The van der Waals surface area contributed by atoms with Gasteiger partial charge in [0.2, 0.25) is 0 Å². The molecule has 1 saturated carbocycles. The molecule has 1 N–H and O–H groups in total. The fourth-order valence-electron chi connectivity index (χ4n) is 1.89. The predicted octanol–water partition coefficient (Wildman–Crippen LogP) is 2.63. The van der Waals surface area contributed by atoms with E-state index in [4.69, 9.17) is 9.47 Å². The lowest BCUT2D eigenvalue weighted by molar-refractivity contribution is 0.174. The monoisotopic (exact) mass is 236 g/mol. The quantitative estimate of drug-likeness (QED) is 0.791. The third kappa shape index (κ3) is 3.13. The van der Waals surface area contributed by atoms with Crippen molar-refractivity contribution in [3.63, 3.8) is 0 Å². The highest BCUT2D eigenvalue weighted by molar-refractivity contribution is 5.39. The largest absolute Gasteiger partial charge is 0.490 e. The molecule has 1 aromatic carbocycles. The first-order valence-corrected chi connectivity index (χ1v) is 6.25. The van der Waals surface area contributed by atoms with Crippen LogP contribution in [0.25, 0.3) is 0 Å². The van der Waals surface area contributed by atoms with Crippen LogP contribution in [0.5, 0.6) is 11.5 Å². The second kappa shape index (κ2) is 5.41. The number of rotatable bonds is 7. The van der Waals surface area contributed by atoms with E-state index in [0.29, 0.717) is 13.2 Å². The molecule has 0 amide bonds. The van der Waals surface area contributed by atoms with Gasteiger partial charge in [0.15, 0.2) is 11.5 Å². The van der Waals surface area contributed by atoms with Crippen LogP contribution in [0.2, 0.25) is 0 Å². The summed E-state index contributed by atoms with van der Waals surface area (Å²) in [4.78, 5) is 0. The highest BCUT2D eigenvalue weighted by Gasteiger charge is 2.41. The molecule has 0 unspecified atom stereocenters. The molecular weight excluding hydrogens is 216 g/mol. The summed E-state index contributed by atoms with van der Waals surface area (Å²) < 4.78 is 11.2. The Kier molecular flexibility index (Phi) is 3.89. The molecular formula is C14H20O3. The van der Waals surface area contributed by atoms with Gasteiger partial charge in [0.25, 0.3) is 0 Å². The van der Waals surface area contributed by atoms with Gasteiger partial charge in [-0.15, -0.1) is 0 Å². The minimum absolute atomic E-state index is 0.153. The normalized spacial score (nSPS) is 16.6. The third-order valence-corrected chi connectivity index (χ3v) is 3.33. The number of benzene rings is 1. The second-order valence-electron chi connectivity index (χ2n) is 4.64. The maximum atomic E-state index is 9.21. The lowest BCUT2D eigenvalue weighted by atomic mass is 10.1. The van der Waals surface area contributed by atoms with Gasteiger partial charge >= 0.3 is 0 Å². The highest BCUT2D eigenvalue weighted by atomic mass is 16.5. The van der Waals surface area contributed by atoms with Crippen molar-refractivity contribution in [1.82, 2.24) is 0 Å². The summed E-state index contributed by atoms with van der Waals surface area (Å²) in [5.41, 5.74) is 0.153. The van der Waals surface area contributed by atoms with Crippen LogP contribution in [0.3, 0.4) is 0 Å². The number of aliphatic hydroxyl groups is 1. The van der Waals surface area contributed by atoms with Crippen LogP contribution in [0.15, 0.2) is 24.3 Å². The Hall–Kier alpha value is -1.22. The van der Waals surface area contributed by atoms with E-state index in [1.807, 2.05) is 31.2 Å². The Bertz CT molecular complexity index is 358. The molecule has 0 aromatic heterocycles. The van der Waals surface area contributed by atoms with Gasteiger partial charge < -0.3 is 14.6 Å². The fraction of sp³-hybridized carbons (Fsp3) is 0.571. The standard InChI is InChI=1S/C14H20O3/c1-2-16-12-5-3-4-6-13(12)17-10-9-14(11-15)7-8-14/h3-6,15H,2,7-11H2,1H3. The van der Waals surface area contributed by atoms with E-state index < -0.39 is 0 Å². The minimum Gasteiger partial charge on any atom is -0.490 e. The van der Waals surface area contributed by atoms with E-state index in [9.17, 15) is 5.11 Å². The minimum atomic E-state index is 0.153. The molecule has 1 aliphatic carbocycles. The summed E-state index contributed by atoms with van der Waals surface area (Å²) in [6.45, 7) is 3.52. The summed E-state index contributed by atoms with van der Waals surface area (Å²) in [6.07, 6.45) is 3.17. The summed E-state index contributed by atoms with van der Waals surface area (Å²) in [5.74, 6) is 1.59.